The predicted octanol–water partition coefficient (Wildman–Crippen LogP) is 3.02. The number of carbonyl (C=O) groups excluding carboxylic acids is 1. The van der Waals surface area contributed by atoms with Gasteiger partial charge in [-0.05, 0) is 30.5 Å². The first-order chi connectivity index (χ1) is 11.8. The topological polar surface area (TPSA) is 80.4 Å². The molecule has 1 N–H and O–H groups in total. The largest absolute Gasteiger partial charge is 0.350 e. The Bertz CT molecular complexity index is 790. The summed E-state index contributed by atoms with van der Waals surface area (Å²) in [4.78, 5) is 20.6. The van der Waals surface area contributed by atoms with E-state index in [1.165, 1.54) is 0 Å². The van der Waals surface area contributed by atoms with Gasteiger partial charge in [0.25, 0.3) is 5.91 Å². The number of aliphatic imine (C=N–C) groups is 1. The van der Waals surface area contributed by atoms with Crippen LogP contribution < -0.4 is 5.32 Å². The lowest BCUT2D eigenvalue weighted by Gasteiger charge is -2.06. The first kappa shape index (κ1) is 15.9. The maximum atomic E-state index is 12.2. The van der Waals surface area contributed by atoms with Gasteiger partial charge in [0.15, 0.2) is 0 Å². The number of hydrogen-bond donors (Lipinski definition) is 1. The third-order valence-corrected chi connectivity index (χ3v) is 3.68. The van der Waals surface area contributed by atoms with Crippen molar-refractivity contribution in [3.8, 4) is 11.3 Å². The molecule has 0 aromatic carbocycles. The number of rotatable bonds is 5. The van der Waals surface area contributed by atoms with Gasteiger partial charge in [-0.25, -0.2) is 0 Å². The normalized spacial score (nSPS) is 16.5. The first-order valence-electron chi connectivity index (χ1n) is 7.83. The second-order valence-electron chi connectivity index (χ2n) is 5.39. The molecule has 0 bridgehead atoms. The molecule has 2 aromatic rings. The minimum Gasteiger partial charge on any atom is -0.350 e. The predicted molar refractivity (Wildman–Crippen MR) is 91.6 cm³/mol. The molecule has 0 saturated carbocycles. The third kappa shape index (κ3) is 3.84. The minimum atomic E-state index is -0.320. The number of aromatic nitrogens is 2. The van der Waals surface area contributed by atoms with Gasteiger partial charge >= 0.3 is 0 Å². The van der Waals surface area contributed by atoms with Crippen LogP contribution >= 0.6 is 0 Å². The van der Waals surface area contributed by atoms with Crippen molar-refractivity contribution in [3.05, 3.63) is 60.3 Å². The average molecular weight is 322 g/mol. The molecular weight excluding hydrogens is 304 g/mol. The molecule has 0 saturated heterocycles. The van der Waals surface area contributed by atoms with Gasteiger partial charge in [-0.15, -0.1) is 0 Å². The number of nitrogens with one attached hydrogen (secondary N) is 1. The molecule has 1 aliphatic heterocycles. The lowest BCUT2D eigenvalue weighted by molar-refractivity contribution is 0.0920. The molecule has 1 unspecified atom stereocenters. The quantitative estimate of drug-likeness (QED) is 0.917. The highest BCUT2D eigenvalue weighted by Crippen LogP contribution is 2.18. The zero-order valence-corrected chi connectivity index (χ0v) is 13.3. The molecule has 6 nitrogen and oxygen atoms in total. The first-order valence-corrected chi connectivity index (χ1v) is 7.83. The molecular formula is C18H18N4O2. The number of amides is 1. The van der Waals surface area contributed by atoms with Crippen molar-refractivity contribution < 1.29 is 9.32 Å². The van der Waals surface area contributed by atoms with Crippen LogP contribution in [0.2, 0.25) is 0 Å². The van der Waals surface area contributed by atoms with E-state index >= 15 is 0 Å². The number of hydrogen-bond acceptors (Lipinski definition) is 5. The SMILES string of the molecule is CCC1C=CC=NC(CNC(=O)c2cc(-c3cccnc3)no2)=C1. The second kappa shape index (κ2) is 7.50. The van der Waals surface area contributed by atoms with Crippen LogP contribution in [0, 0.1) is 5.92 Å². The van der Waals surface area contributed by atoms with Crippen molar-refractivity contribution in [2.24, 2.45) is 10.9 Å². The maximum absolute atomic E-state index is 12.2. The van der Waals surface area contributed by atoms with Crippen LogP contribution in [0.25, 0.3) is 11.3 Å². The maximum Gasteiger partial charge on any atom is 0.290 e. The second-order valence-corrected chi connectivity index (χ2v) is 5.39. The zero-order valence-electron chi connectivity index (χ0n) is 13.3. The molecule has 3 heterocycles. The van der Waals surface area contributed by atoms with Crippen LogP contribution in [-0.4, -0.2) is 28.8 Å². The molecule has 0 radical (unpaired) electrons. The molecule has 0 spiro atoms. The van der Waals surface area contributed by atoms with Crippen LogP contribution in [0.5, 0.6) is 0 Å². The van der Waals surface area contributed by atoms with Crippen molar-refractivity contribution in [2.45, 2.75) is 13.3 Å². The Labute approximate surface area is 140 Å². The van der Waals surface area contributed by atoms with Crippen molar-refractivity contribution in [2.75, 3.05) is 6.54 Å². The number of nitrogens with zero attached hydrogens (tertiary/aromatic N) is 3. The van der Waals surface area contributed by atoms with E-state index in [0.717, 1.165) is 17.7 Å². The number of allylic oxidation sites excluding steroid dienone is 3. The Morgan fingerprint density at radius 1 is 1.42 bits per heavy atom. The van der Waals surface area contributed by atoms with Gasteiger partial charge < -0.3 is 9.84 Å². The van der Waals surface area contributed by atoms with Crippen molar-refractivity contribution in [1.82, 2.24) is 15.5 Å². The Morgan fingerprint density at radius 3 is 3.12 bits per heavy atom. The molecule has 1 amide bonds. The smallest absolute Gasteiger partial charge is 0.290 e. The molecule has 1 atom stereocenters. The average Bonchev–Trinajstić information content (AvgIpc) is 3.01. The zero-order chi connectivity index (χ0) is 16.8. The van der Waals surface area contributed by atoms with E-state index in [1.807, 2.05) is 12.1 Å². The van der Waals surface area contributed by atoms with E-state index in [9.17, 15) is 4.79 Å². The Hall–Kier alpha value is -3.02. The standard InChI is InChI=1S/C18H18N4O2/c1-2-13-5-3-8-20-15(9-13)12-21-18(23)17-10-16(22-24-17)14-6-4-7-19-11-14/h3-11,13H,2,12H2,1H3,(H,21,23). The van der Waals surface area contributed by atoms with E-state index in [1.54, 1.807) is 30.7 Å². The van der Waals surface area contributed by atoms with Crippen LogP contribution in [-0.2, 0) is 0 Å². The van der Waals surface area contributed by atoms with Gasteiger partial charge in [0.05, 0.1) is 12.2 Å². The molecule has 0 aliphatic carbocycles. The monoisotopic (exact) mass is 322 g/mol. The van der Waals surface area contributed by atoms with Crippen molar-refractivity contribution >= 4 is 12.1 Å². The fourth-order valence-corrected chi connectivity index (χ4v) is 2.33. The fraction of sp³-hybridized carbons (Fsp3) is 0.222. The summed E-state index contributed by atoms with van der Waals surface area (Å²) in [6, 6.07) is 5.27. The van der Waals surface area contributed by atoms with Crippen LogP contribution in [0.15, 0.2) is 64.0 Å². The van der Waals surface area contributed by atoms with Gasteiger partial charge in [0.2, 0.25) is 5.76 Å². The van der Waals surface area contributed by atoms with E-state index in [0.29, 0.717) is 18.2 Å². The molecule has 1 aliphatic rings. The summed E-state index contributed by atoms with van der Waals surface area (Å²) in [5.41, 5.74) is 2.20. The summed E-state index contributed by atoms with van der Waals surface area (Å²) in [5.74, 6) is 0.179. The van der Waals surface area contributed by atoms with Crippen LogP contribution in [0.3, 0.4) is 0 Å². The van der Waals surface area contributed by atoms with Gasteiger partial charge in [-0.3, -0.25) is 14.8 Å². The van der Waals surface area contributed by atoms with Crippen molar-refractivity contribution in [1.29, 1.82) is 0 Å². The molecule has 3 rings (SSSR count). The summed E-state index contributed by atoms with van der Waals surface area (Å²) >= 11 is 0. The van der Waals surface area contributed by atoms with E-state index in [-0.39, 0.29) is 11.7 Å². The summed E-state index contributed by atoms with van der Waals surface area (Å²) < 4.78 is 5.13. The van der Waals surface area contributed by atoms with Gasteiger partial charge in [0.1, 0.15) is 5.69 Å². The summed E-state index contributed by atoms with van der Waals surface area (Å²) in [7, 11) is 0. The Balaban J connectivity index is 1.64. The number of carbonyl (C=O) groups is 1. The highest BCUT2D eigenvalue weighted by atomic mass is 16.5. The third-order valence-electron chi connectivity index (χ3n) is 3.68. The Kier molecular flexibility index (Phi) is 4.96. The van der Waals surface area contributed by atoms with Gasteiger partial charge in [-0.1, -0.05) is 24.2 Å². The molecule has 122 valence electrons. The molecule has 24 heavy (non-hydrogen) atoms. The van der Waals surface area contributed by atoms with E-state index in [4.69, 9.17) is 4.52 Å². The summed E-state index contributed by atoms with van der Waals surface area (Å²) in [6.45, 7) is 2.46. The molecule has 6 heteroatoms. The van der Waals surface area contributed by atoms with Crippen molar-refractivity contribution in [3.63, 3.8) is 0 Å². The lowest BCUT2D eigenvalue weighted by Crippen LogP contribution is -2.25. The highest BCUT2D eigenvalue weighted by Gasteiger charge is 2.14. The summed E-state index contributed by atoms with van der Waals surface area (Å²) in [5, 5.41) is 6.72. The number of pyridine rings is 1. The Morgan fingerprint density at radius 2 is 2.33 bits per heavy atom. The van der Waals surface area contributed by atoms with E-state index in [2.05, 4.69) is 39.5 Å². The highest BCUT2D eigenvalue weighted by molar-refractivity contribution is 5.92. The fourth-order valence-electron chi connectivity index (χ4n) is 2.33. The minimum absolute atomic E-state index is 0.164. The molecule has 2 aromatic heterocycles. The van der Waals surface area contributed by atoms with Crippen LogP contribution in [0.4, 0.5) is 0 Å². The van der Waals surface area contributed by atoms with Gasteiger partial charge in [-0.2, -0.15) is 0 Å². The lowest BCUT2D eigenvalue weighted by atomic mass is 10.1. The molecule has 0 fully saturated rings. The van der Waals surface area contributed by atoms with Gasteiger partial charge in [0, 0.05) is 30.2 Å². The summed E-state index contributed by atoms with van der Waals surface area (Å²) in [6.07, 6.45) is 12.2. The van der Waals surface area contributed by atoms with Crippen LogP contribution in [0.1, 0.15) is 23.9 Å². The van der Waals surface area contributed by atoms with E-state index < -0.39 is 0 Å².